The van der Waals surface area contributed by atoms with Crippen LogP contribution < -0.4 is 5.32 Å². The first-order chi connectivity index (χ1) is 13.1. The minimum Gasteiger partial charge on any atom is -0.352 e. The van der Waals surface area contributed by atoms with Crippen molar-refractivity contribution < 1.29 is 4.79 Å². The number of thioether (sulfide) groups is 1. The third-order valence-corrected chi connectivity index (χ3v) is 6.41. The van der Waals surface area contributed by atoms with E-state index in [1.807, 2.05) is 41.0 Å². The number of rotatable bonds is 7. The van der Waals surface area contributed by atoms with E-state index in [-0.39, 0.29) is 11.9 Å². The topological polar surface area (TPSA) is 59.8 Å². The zero-order valence-corrected chi connectivity index (χ0v) is 16.9. The number of benzene rings is 1. The Hall–Kier alpha value is -2.08. The van der Waals surface area contributed by atoms with Crippen LogP contribution in [0.2, 0.25) is 0 Å². The van der Waals surface area contributed by atoms with Crippen molar-refractivity contribution >= 4 is 17.7 Å². The molecule has 2 aromatic rings. The van der Waals surface area contributed by atoms with Gasteiger partial charge in [0.1, 0.15) is 0 Å². The number of carbonyl (C=O) groups excluding carboxylic acids is 1. The lowest BCUT2D eigenvalue weighted by molar-refractivity contribution is -0.120. The first-order valence-corrected chi connectivity index (χ1v) is 10.6. The molecule has 1 aliphatic rings. The third-order valence-electron chi connectivity index (χ3n) is 5.45. The van der Waals surface area contributed by atoms with Crippen molar-refractivity contribution in [1.82, 2.24) is 20.1 Å². The molecule has 5 nitrogen and oxygen atoms in total. The number of nitrogens with zero attached hydrogens (tertiary/aromatic N) is 3. The summed E-state index contributed by atoms with van der Waals surface area (Å²) >= 11 is 1.43. The maximum absolute atomic E-state index is 12.5. The summed E-state index contributed by atoms with van der Waals surface area (Å²) in [5.41, 5.74) is 1.01. The highest BCUT2D eigenvalue weighted by Crippen LogP contribution is 2.30. The van der Waals surface area contributed by atoms with Crippen LogP contribution in [0.25, 0.3) is 11.4 Å². The molecule has 0 spiro atoms. The maximum atomic E-state index is 12.5. The van der Waals surface area contributed by atoms with Crippen molar-refractivity contribution in [2.75, 3.05) is 5.75 Å². The Kier molecular flexibility index (Phi) is 6.72. The number of aromatic nitrogens is 3. The van der Waals surface area contributed by atoms with Crippen LogP contribution in [-0.2, 0) is 11.3 Å². The van der Waals surface area contributed by atoms with E-state index >= 15 is 0 Å². The van der Waals surface area contributed by atoms with E-state index in [1.54, 1.807) is 0 Å². The molecule has 3 rings (SSSR count). The van der Waals surface area contributed by atoms with Gasteiger partial charge < -0.3 is 5.32 Å². The van der Waals surface area contributed by atoms with Crippen LogP contribution in [0.15, 0.2) is 48.1 Å². The summed E-state index contributed by atoms with van der Waals surface area (Å²) in [7, 11) is 0. The van der Waals surface area contributed by atoms with Crippen LogP contribution >= 0.6 is 11.8 Å². The largest absolute Gasteiger partial charge is 0.352 e. The van der Waals surface area contributed by atoms with E-state index in [4.69, 9.17) is 0 Å². The molecule has 1 aromatic heterocycles. The Labute approximate surface area is 165 Å². The average Bonchev–Trinajstić information content (AvgIpc) is 3.07. The first-order valence-electron chi connectivity index (χ1n) is 9.61. The predicted molar refractivity (Wildman–Crippen MR) is 110 cm³/mol. The fourth-order valence-corrected chi connectivity index (χ4v) is 4.41. The molecule has 0 saturated heterocycles. The fraction of sp³-hybridized carbons (Fsp3) is 0.476. The van der Waals surface area contributed by atoms with Gasteiger partial charge in [0.2, 0.25) is 5.91 Å². The van der Waals surface area contributed by atoms with E-state index in [0.717, 1.165) is 23.0 Å². The van der Waals surface area contributed by atoms with E-state index in [2.05, 4.69) is 35.9 Å². The van der Waals surface area contributed by atoms with E-state index in [9.17, 15) is 4.79 Å². The van der Waals surface area contributed by atoms with Crippen molar-refractivity contribution in [3.8, 4) is 11.4 Å². The smallest absolute Gasteiger partial charge is 0.230 e. The fourth-order valence-electron chi connectivity index (χ4n) is 3.65. The van der Waals surface area contributed by atoms with Gasteiger partial charge in [-0.05, 0) is 18.3 Å². The quantitative estimate of drug-likeness (QED) is 0.575. The zero-order valence-electron chi connectivity index (χ0n) is 16.1. The lowest BCUT2D eigenvalue weighted by atomic mass is 9.78. The molecule has 1 heterocycles. The molecular weight excluding hydrogens is 356 g/mol. The van der Waals surface area contributed by atoms with Gasteiger partial charge in [-0.3, -0.25) is 9.36 Å². The second kappa shape index (κ2) is 9.22. The highest BCUT2D eigenvalue weighted by molar-refractivity contribution is 7.99. The Balaban J connectivity index is 1.64. The monoisotopic (exact) mass is 384 g/mol. The van der Waals surface area contributed by atoms with E-state index < -0.39 is 0 Å². The number of hydrogen-bond acceptors (Lipinski definition) is 4. The summed E-state index contributed by atoms with van der Waals surface area (Å²) in [6.45, 7) is 8.97. The molecule has 1 aromatic carbocycles. The molecule has 1 fully saturated rings. The van der Waals surface area contributed by atoms with Crippen LogP contribution in [0.4, 0.5) is 0 Å². The van der Waals surface area contributed by atoms with Gasteiger partial charge in [0.25, 0.3) is 0 Å². The molecule has 1 aliphatic carbocycles. The summed E-state index contributed by atoms with van der Waals surface area (Å²) in [6, 6.07) is 10.2. The number of amides is 1. The number of carbonyl (C=O) groups is 1. The summed E-state index contributed by atoms with van der Waals surface area (Å²) < 4.78 is 2.01. The minimum atomic E-state index is 0.0698. The molecular formula is C21H28N4OS. The van der Waals surface area contributed by atoms with Crippen molar-refractivity contribution in [3.05, 3.63) is 43.0 Å². The number of hydrogen-bond donors (Lipinski definition) is 1. The molecule has 0 radical (unpaired) electrons. The highest BCUT2D eigenvalue weighted by Gasteiger charge is 2.28. The predicted octanol–water partition coefficient (Wildman–Crippen LogP) is 4.16. The second-order valence-electron chi connectivity index (χ2n) is 7.30. The zero-order chi connectivity index (χ0) is 19.2. The van der Waals surface area contributed by atoms with Gasteiger partial charge in [-0.1, -0.05) is 74.9 Å². The molecule has 1 saturated carbocycles. The summed E-state index contributed by atoms with van der Waals surface area (Å²) in [5.74, 6) is 2.41. The van der Waals surface area contributed by atoms with E-state index in [1.165, 1.54) is 24.6 Å². The van der Waals surface area contributed by atoms with Crippen LogP contribution in [0.3, 0.4) is 0 Å². The Morgan fingerprint density at radius 3 is 2.81 bits per heavy atom. The Morgan fingerprint density at radius 2 is 2.07 bits per heavy atom. The third kappa shape index (κ3) is 4.80. The normalized spacial score (nSPS) is 22.4. The molecule has 0 aliphatic heterocycles. The summed E-state index contributed by atoms with van der Waals surface area (Å²) in [4.78, 5) is 12.5. The Morgan fingerprint density at radius 1 is 1.30 bits per heavy atom. The number of allylic oxidation sites excluding steroid dienone is 1. The second-order valence-corrected chi connectivity index (χ2v) is 8.24. The molecule has 0 bridgehead atoms. The van der Waals surface area contributed by atoms with Gasteiger partial charge in [0.15, 0.2) is 11.0 Å². The van der Waals surface area contributed by atoms with Crippen LogP contribution in [0.5, 0.6) is 0 Å². The van der Waals surface area contributed by atoms with Gasteiger partial charge in [-0.15, -0.1) is 16.8 Å². The molecule has 6 heteroatoms. The summed E-state index contributed by atoms with van der Waals surface area (Å²) in [5, 5.41) is 12.6. The van der Waals surface area contributed by atoms with Crippen LogP contribution in [0, 0.1) is 11.8 Å². The van der Waals surface area contributed by atoms with E-state index in [0.29, 0.717) is 24.1 Å². The molecule has 144 valence electrons. The van der Waals surface area contributed by atoms with Gasteiger partial charge in [-0.25, -0.2) is 0 Å². The highest BCUT2D eigenvalue weighted by atomic mass is 32.2. The van der Waals surface area contributed by atoms with Crippen molar-refractivity contribution in [2.24, 2.45) is 11.8 Å². The molecule has 1 amide bonds. The van der Waals surface area contributed by atoms with Crippen molar-refractivity contribution in [2.45, 2.75) is 50.9 Å². The van der Waals surface area contributed by atoms with Crippen LogP contribution in [0.1, 0.15) is 33.1 Å². The van der Waals surface area contributed by atoms with Crippen molar-refractivity contribution in [3.63, 3.8) is 0 Å². The van der Waals surface area contributed by atoms with Crippen molar-refractivity contribution in [1.29, 1.82) is 0 Å². The maximum Gasteiger partial charge on any atom is 0.230 e. The lowest BCUT2D eigenvalue weighted by Gasteiger charge is -2.34. The molecule has 27 heavy (non-hydrogen) atoms. The first kappa shape index (κ1) is 19.7. The lowest BCUT2D eigenvalue weighted by Crippen LogP contribution is -2.44. The SMILES string of the molecule is C=CCn1c(SCC(=O)N[C@H]2CCC[C@H](C)[C@H]2C)nnc1-c1ccccc1. The Bertz CT molecular complexity index is 774. The van der Waals surface area contributed by atoms with Gasteiger partial charge in [0, 0.05) is 18.2 Å². The van der Waals surface area contributed by atoms with Gasteiger partial charge >= 0.3 is 0 Å². The van der Waals surface area contributed by atoms with Gasteiger partial charge in [-0.2, -0.15) is 0 Å². The molecule has 1 N–H and O–H groups in total. The minimum absolute atomic E-state index is 0.0698. The van der Waals surface area contributed by atoms with Gasteiger partial charge in [0.05, 0.1) is 5.75 Å². The number of nitrogens with one attached hydrogen (secondary N) is 1. The standard InChI is InChI=1S/C21H28N4OS/c1-4-13-25-20(17-10-6-5-7-11-17)23-24-21(25)27-14-19(26)22-18-12-8-9-15(2)16(18)3/h4-7,10-11,15-16,18H,1,8-9,12-14H2,2-3H3,(H,22,26)/t15-,16+,18-/m0/s1. The summed E-state index contributed by atoms with van der Waals surface area (Å²) in [6.07, 6.45) is 5.35. The average molecular weight is 385 g/mol. The molecule has 3 atom stereocenters. The molecule has 0 unspecified atom stereocenters. The van der Waals surface area contributed by atoms with Crippen LogP contribution in [-0.4, -0.2) is 32.5 Å².